The topological polar surface area (TPSA) is 84.2 Å². The summed E-state index contributed by atoms with van der Waals surface area (Å²) in [6.45, 7) is 3.43. The van der Waals surface area contributed by atoms with E-state index in [0.29, 0.717) is 28.0 Å². The zero-order chi connectivity index (χ0) is 21.0. The highest BCUT2D eigenvalue weighted by Crippen LogP contribution is 2.37. The molecule has 0 aliphatic rings. The fourth-order valence-electron chi connectivity index (χ4n) is 2.88. The smallest absolute Gasteiger partial charge is 0.347 e. The molecule has 1 heterocycles. The van der Waals surface area contributed by atoms with Crippen LogP contribution in [0.2, 0.25) is 0 Å². The molecule has 0 saturated heterocycles. The van der Waals surface area contributed by atoms with Crippen molar-refractivity contribution >= 4 is 16.9 Å². The molecule has 1 atom stereocenters. The molecule has 1 aromatic heterocycles. The Labute approximate surface area is 167 Å². The molecule has 3 rings (SSSR count). The molecule has 0 bridgehead atoms. The number of ether oxygens (including phenoxy) is 4. The van der Waals surface area contributed by atoms with Crippen LogP contribution < -0.4 is 19.6 Å². The van der Waals surface area contributed by atoms with E-state index in [1.165, 1.54) is 21.1 Å². The molecule has 0 amide bonds. The van der Waals surface area contributed by atoms with Gasteiger partial charge in [-0.2, -0.15) is 0 Å². The van der Waals surface area contributed by atoms with Crippen molar-refractivity contribution in [1.29, 1.82) is 0 Å². The Hall–Kier alpha value is -3.48. The molecule has 7 nitrogen and oxygen atoms in total. The molecule has 0 aliphatic heterocycles. The van der Waals surface area contributed by atoms with Crippen LogP contribution in [0.15, 0.2) is 51.7 Å². The lowest BCUT2D eigenvalue weighted by Crippen LogP contribution is -2.28. The summed E-state index contributed by atoms with van der Waals surface area (Å²) in [5.74, 6) is 0.535. The molecule has 2 aromatic carbocycles. The van der Waals surface area contributed by atoms with Crippen LogP contribution in [0.4, 0.5) is 0 Å². The zero-order valence-corrected chi connectivity index (χ0v) is 16.7. The van der Waals surface area contributed by atoms with Gasteiger partial charge in [0, 0.05) is 5.56 Å². The molecule has 0 unspecified atom stereocenters. The number of carbonyl (C=O) groups is 1. The molecule has 7 heteroatoms. The summed E-state index contributed by atoms with van der Waals surface area (Å²) in [5.41, 5.74) is 0.558. The van der Waals surface area contributed by atoms with E-state index in [1.807, 2.05) is 0 Å². The molecule has 29 heavy (non-hydrogen) atoms. The number of benzene rings is 2. The molecule has 0 aliphatic carbocycles. The number of hydrogen-bond donors (Lipinski definition) is 0. The first kappa shape index (κ1) is 20.3. The first-order valence-electron chi connectivity index (χ1n) is 9.11. The maximum Gasteiger partial charge on any atom is 0.347 e. The Morgan fingerprint density at radius 2 is 1.79 bits per heavy atom. The third-order valence-corrected chi connectivity index (χ3v) is 4.32. The van der Waals surface area contributed by atoms with Crippen molar-refractivity contribution in [2.45, 2.75) is 20.0 Å². The Morgan fingerprint density at radius 3 is 2.48 bits per heavy atom. The van der Waals surface area contributed by atoms with Gasteiger partial charge in [-0.25, -0.2) is 4.79 Å². The molecule has 152 valence electrons. The van der Waals surface area contributed by atoms with Crippen LogP contribution >= 0.6 is 0 Å². The average molecular weight is 398 g/mol. The Morgan fingerprint density at radius 1 is 1.07 bits per heavy atom. The molecular formula is C22H22O7. The SMILES string of the molecule is CCOC(=O)[C@H](C)Oc1c(-c2ccc(OC)c(OC)c2)oc2ccccc2c1=O. The van der Waals surface area contributed by atoms with Gasteiger partial charge in [0.15, 0.2) is 23.4 Å². The lowest BCUT2D eigenvalue weighted by atomic mass is 10.1. The Bertz CT molecular complexity index is 1080. The lowest BCUT2D eigenvalue weighted by Gasteiger charge is -2.16. The summed E-state index contributed by atoms with van der Waals surface area (Å²) in [7, 11) is 3.04. The van der Waals surface area contributed by atoms with Gasteiger partial charge in [0.1, 0.15) is 5.58 Å². The first-order valence-corrected chi connectivity index (χ1v) is 9.11. The highest BCUT2D eigenvalue weighted by Gasteiger charge is 2.24. The molecular weight excluding hydrogens is 376 g/mol. The van der Waals surface area contributed by atoms with Crippen LogP contribution in [0.3, 0.4) is 0 Å². The van der Waals surface area contributed by atoms with Crippen LogP contribution in [-0.2, 0) is 9.53 Å². The van der Waals surface area contributed by atoms with Crippen molar-refractivity contribution in [3.05, 3.63) is 52.7 Å². The minimum atomic E-state index is -0.988. The molecule has 0 saturated carbocycles. The maximum atomic E-state index is 13.1. The van der Waals surface area contributed by atoms with Gasteiger partial charge >= 0.3 is 5.97 Å². The number of hydrogen-bond acceptors (Lipinski definition) is 7. The predicted octanol–water partition coefficient (Wildman–Crippen LogP) is 3.81. The predicted molar refractivity (Wildman–Crippen MR) is 108 cm³/mol. The second kappa shape index (κ2) is 8.68. The van der Waals surface area contributed by atoms with Crippen molar-refractivity contribution in [3.63, 3.8) is 0 Å². The number of carbonyl (C=O) groups excluding carboxylic acids is 1. The quantitative estimate of drug-likeness (QED) is 0.560. The fourth-order valence-corrected chi connectivity index (χ4v) is 2.88. The third kappa shape index (κ3) is 4.03. The number of fused-ring (bicyclic) bond motifs is 1. The highest BCUT2D eigenvalue weighted by molar-refractivity contribution is 5.83. The minimum absolute atomic E-state index is 0.0727. The number of methoxy groups -OCH3 is 2. The molecule has 0 radical (unpaired) electrons. The maximum absolute atomic E-state index is 13.1. The normalized spacial score (nSPS) is 11.7. The zero-order valence-electron chi connectivity index (χ0n) is 16.7. The number of esters is 1. The summed E-state index contributed by atoms with van der Waals surface area (Å²) in [4.78, 5) is 25.2. The van der Waals surface area contributed by atoms with E-state index in [-0.39, 0.29) is 23.5 Å². The van der Waals surface area contributed by atoms with Gasteiger partial charge in [-0.05, 0) is 44.2 Å². The Balaban J connectivity index is 2.19. The van der Waals surface area contributed by atoms with Gasteiger partial charge in [0.25, 0.3) is 0 Å². The van der Waals surface area contributed by atoms with Crippen molar-refractivity contribution < 1.29 is 28.2 Å². The van der Waals surface area contributed by atoms with E-state index in [0.717, 1.165) is 0 Å². The van der Waals surface area contributed by atoms with Gasteiger partial charge in [0.05, 0.1) is 26.2 Å². The van der Waals surface area contributed by atoms with E-state index in [2.05, 4.69) is 0 Å². The molecule has 0 fully saturated rings. The number of para-hydroxylation sites is 1. The van der Waals surface area contributed by atoms with E-state index in [9.17, 15) is 9.59 Å². The van der Waals surface area contributed by atoms with Crippen LogP contribution in [0, 0.1) is 0 Å². The average Bonchev–Trinajstić information content (AvgIpc) is 2.75. The van der Waals surface area contributed by atoms with Crippen LogP contribution in [0.1, 0.15) is 13.8 Å². The lowest BCUT2D eigenvalue weighted by molar-refractivity contribution is -0.150. The summed E-state index contributed by atoms with van der Waals surface area (Å²) in [6, 6.07) is 11.9. The van der Waals surface area contributed by atoms with Crippen LogP contribution in [0.5, 0.6) is 17.2 Å². The first-order chi connectivity index (χ1) is 14.0. The van der Waals surface area contributed by atoms with Crippen molar-refractivity contribution in [3.8, 4) is 28.6 Å². The van der Waals surface area contributed by atoms with E-state index in [4.69, 9.17) is 23.4 Å². The Kier molecular flexibility index (Phi) is 6.07. The summed E-state index contributed by atoms with van der Waals surface area (Å²) >= 11 is 0. The monoisotopic (exact) mass is 398 g/mol. The van der Waals surface area contributed by atoms with Gasteiger partial charge in [-0.1, -0.05) is 12.1 Å². The third-order valence-electron chi connectivity index (χ3n) is 4.32. The second-order valence-corrected chi connectivity index (χ2v) is 6.17. The summed E-state index contributed by atoms with van der Waals surface area (Å²) in [6.07, 6.45) is -0.988. The largest absolute Gasteiger partial charge is 0.493 e. The summed E-state index contributed by atoms with van der Waals surface area (Å²) in [5, 5.41) is 0.350. The van der Waals surface area contributed by atoms with E-state index in [1.54, 1.807) is 49.4 Å². The van der Waals surface area contributed by atoms with Gasteiger partial charge < -0.3 is 23.4 Å². The minimum Gasteiger partial charge on any atom is -0.493 e. The van der Waals surface area contributed by atoms with Crippen LogP contribution in [-0.4, -0.2) is 32.9 Å². The second-order valence-electron chi connectivity index (χ2n) is 6.17. The highest BCUT2D eigenvalue weighted by atomic mass is 16.6. The molecule has 0 spiro atoms. The van der Waals surface area contributed by atoms with Gasteiger partial charge in [-0.15, -0.1) is 0 Å². The van der Waals surface area contributed by atoms with Gasteiger partial charge in [0.2, 0.25) is 11.2 Å². The molecule has 0 N–H and O–H groups in total. The van der Waals surface area contributed by atoms with E-state index < -0.39 is 12.1 Å². The number of rotatable bonds is 7. The summed E-state index contributed by atoms with van der Waals surface area (Å²) < 4.78 is 27.3. The standard InChI is InChI=1S/C22H22O7/c1-5-27-22(24)13(2)28-21-19(23)15-8-6-7-9-16(15)29-20(21)14-10-11-17(25-3)18(12-14)26-4/h6-13H,5H2,1-4H3/t13-/m0/s1. The molecule has 3 aromatic rings. The fraction of sp³-hybridized carbons (Fsp3) is 0.273. The van der Waals surface area contributed by atoms with Crippen molar-refractivity contribution in [1.82, 2.24) is 0 Å². The van der Waals surface area contributed by atoms with Crippen molar-refractivity contribution in [2.75, 3.05) is 20.8 Å². The van der Waals surface area contributed by atoms with Crippen LogP contribution in [0.25, 0.3) is 22.3 Å². The van der Waals surface area contributed by atoms with E-state index >= 15 is 0 Å². The van der Waals surface area contributed by atoms with Crippen molar-refractivity contribution in [2.24, 2.45) is 0 Å². The van der Waals surface area contributed by atoms with Gasteiger partial charge in [-0.3, -0.25) is 4.79 Å².